The minimum atomic E-state index is -4.81. The summed E-state index contributed by atoms with van der Waals surface area (Å²) in [6.07, 6.45) is -3.74. The van der Waals surface area contributed by atoms with Gasteiger partial charge in [0, 0.05) is 5.56 Å². The lowest BCUT2D eigenvalue weighted by Crippen LogP contribution is -2.24. The summed E-state index contributed by atoms with van der Waals surface area (Å²) in [5.41, 5.74) is 7.34. The third-order valence-electron chi connectivity index (χ3n) is 1.68. The number of nitrogens with two attached hydrogens (primary N) is 1. The number of phenols is 1. The number of ether oxygens (including phenoxy) is 1. The van der Waals surface area contributed by atoms with Crippen molar-refractivity contribution >= 4 is 46.1 Å². The van der Waals surface area contributed by atoms with Gasteiger partial charge in [-0.1, -0.05) is 0 Å². The van der Waals surface area contributed by atoms with Crippen LogP contribution in [0.15, 0.2) is 17.2 Å². The molecule has 0 fully saturated rings. The number of aromatic hydroxyl groups is 1. The van der Waals surface area contributed by atoms with Crippen LogP contribution in [0.1, 0.15) is 5.56 Å². The van der Waals surface area contributed by atoms with E-state index < -0.39 is 12.1 Å². The second-order valence-corrected chi connectivity index (χ2v) is 4.73. The molecule has 0 heterocycles. The number of hydrazone groups is 1. The summed E-state index contributed by atoms with van der Waals surface area (Å²) in [5, 5.41) is 13.1. The van der Waals surface area contributed by atoms with Crippen molar-refractivity contribution in [2.24, 2.45) is 10.8 Å². The number of hydrogen-bond acceptors (Lipinski definition) is 4. The van der Waals surface area contributed by atoms with E-state index in [1.807, 2.05) is 0 Å². The largest absolute Gasteiger partial charge is 0.573 e. The highest BCUT2D eigenvalue weighted by molar-refractivity contribution is 14.1. The van der Waals surface area contributed by atoms with E-state index >= 15 is 0 Å². The van der Waals surface area contributed by atoms with Gasteiger partial charge in [-0.2, -0.15) is 5.10 Å². The van der Waals surface area contributed by atoms with Crippen molar-refractivity contribution < 1.29 is 23.0 Å². The second kappa shape index (κ2) is 6.23. The minimum Gasteiger partial charge on any atom is -0.506 e. The van der Waals surface area contributed by atoms with Crippen molar-refractivity contribution in [3.63, 3.8) is 0 Å². The highest BCUT2D eigenvalue weighted by Gasteiger charge is 2.31. The molecule has 4 N–H and O–H groups in total. The number of benzene rings is 1. The molecule has 5 nitrogen and oxygen atoms in total. The van der Waals surface area contributed by atoms with E-state index in [9.17, 15) is 18.3 Å². The van der Waals surface area contributed by atoms with Crippen LogP contribution in [0.5, 0.6) is 11.5 Å². The monoisotopic (exact) mass is 405 g/mol. The fraction of sp³-hybridized carbons (Fsp3) is 0.111. The molecule has 0 aromatic heterocycles. The Balaban J connectivity index is 3.03. The molecule has 1 rings (SSSR count). The van der Waals surface area contributed by atoms with Crippen LogP contribution in [0.4, 0.5) is 13.2 Å². The summed E-state index contributed by atoms with van der Waals surface area (Å²) < 4.78 is 40.2. The topological polar surface area (TPSA) is 79.9 Å². The van der Waals surface area contributed by atoms with E-state index in [-0.39, 0.29) is 20.0 Å². The number of alkyl halides is 3. The molecule has 0 aliphatic heterocycles. The molecule has 0 spiro atoms. The van der Waals surface area contributed by atoms with Crippen LogP contribution in [-0.2, 0) is 0 Å². The maximum Gasteiger partial charge on any atom is 0.573 e. The van der Waals surface area contributed by atoms with E-state index in [4.69, 9.17) is 5.73 Å². The summed E-state index contributed by atoms with van der Waals surface area (Å²) in [5.74, 6) is -0.699. The van der Waals surface area contributed by atoms with Gasteiger partial charge in [0.25, 0.3) is 0 Å². The van der Waals surface area contributed by atoms with Gasteiger partial charge in [0.05, 0.1) is 9.78 Å². The highest BCUT2D eigenvalue weighted by Crippen LogP contribution is 2.31. The summed E-state index contributed by atoms with van der Waals surface area (Å²) in [7, 11) is 0. The number of phenolic OH excluding ortho intramolecular Hbond substituents is 1. The normalized spacial score (nSPS) is 11.6. The molecule has 0 unspecified atom stereocenters. The Morgan fingerprint density at radius 2 is 2.16 bits per heavy atom. The third-order valence-corrected chi connectivity index (χ3v) is 2.59. The fourth-order valence-corrected chi connectivity index (χ4v) is 1.72. The lowest BCUT2D eigenvalue weighted by molar-refractivity contribution is -0.274. The zero-order chi connectivity index (χ0) is 14.6. The molecule has 0 aliphatic carbocycles. The van der Waals surface area contributed by atoms with Gasteiger partial charge in [0.2, 0.25) is 0 Å². The number of thiocarbonyl (C=S) groups is 1. The zero-order valence-corrected chi connectivity index (χ0v) is 12.0. The molecule has 1 aromatic carbocycles. The van der Waals surface area contributed by atoms with Gasteiger partial charge in [0.15, 0.2) is 5.11 Å². The Labute approximate surface area is 124 Å². The summed E-state index contributed by atoms with van der Waals surface area (Å²) in [4.78, 5) is 0. The first-order valence-electron chi connectivity index (χ1n) is 4.56. The highest BCUT2D eigenvalue weighted by atomic mass is 127. The van der Waals surface area contributed by atoms with Gasteiger partial charge < -0.3 is 15.6 Å². The SMILES string of the molecule is NC(=S)NN=Cc1cc(OC(F)(F)F)cc(I)c1O. The smallest absolute Gasteiger partial charge is 0.506 e. The average Bonchev–Trinajstić information content (AvgIpc) is 2.22. The molecule has 0 radical (unpaired) electrons. The first kappa shape index (κ1) is 15.8. The Morgan fingerprint density at radius 3 is 2.68 bits per heavy atom. The zero-order valence-electron chi connectivity index (χ0n) is 9.03. The molecule has 0 bridgehead atoms. The Morgan fingerprint density at radius 1 is 1.53 bits per heavy atom. The molecule has 10 heteroatoms. The van der Waals surface area contributed by atoms with E-state index in [1.165, 1.54) is 0 Å². The number of hydrogen-bond donors (Lipinski definition) is 3. The number of nitrogens with zero attached hydrogens (tertiary/aromatic N) is 1. The molecule has 104 valence electrons. The number of rotatable bonds is 3. The molecule has 0 aliphatic rings. The van der Waals surface area contributed by atoms with E-state index in [0.29, 0.717) is 0 Å². The van der Waals surface area contributed by atoms with Crippen LogP contribution in [0.3, 0.4) is 0 Å². The van der Waals surface area contributed by atoms with Crippen LogP contribution >= 0.6 is 34.8 Å². The minimum absolute atomic E-state index is 0.0231. The van der Waals surface area contributed by atoms with Crippen LogP contribution in [0.25, 0.3) is 0 Å². The molecule has 1 aromatic rings. The van der Waals surface area contributed by atoms with Crippen LogP contribution in [0, 0.1) is 3.57 Å². The van der Waals surface area contributed by atoms with E-state index in [2.05, 4.69) is 27.5 Å². The molecular formula is C9H7F3IN3O2S. The predicted octanol–water partition coefficient (Wildman–Crippen LogP) is 2.06. The van der Waals surface area contributed by atoms with Crippen molar-refractivity contribution in [1.29, 1.82) is 0 Å². The van der Waals surface area contributed by atoms with E-state index in [0.717, 1.165) is 18.3 Å². The molecule has 0 saturated heterocycles. The molecule has 0 atom stereocenters. The van der Waals surface area contributed by atoms with Crippen molar-refractivity contribution in [3.8, 4) is 11.5 Å². The standard InChI is InChI=1S/C9H7F3IN3O2S/c10-9(11,12)18-5-1-4(3-15-16-8(14)19)7(17)6(13)2-5/h1-3,17H,(H3,14,16,19). The lowest BCUT2D eigenvalue weighted by Gasteiger charge is -2.11. The Hall–Kier alpha value is -1.30. The first-order chi connectivity index (χ1) is 8.69. The lowest BCUT2D eigenvalue weighted by atomic mass is 10.2. The maximum atomic E-state index is 12.1. The summed E-state index contributed by atoms with van der Waals surface area (Å²) in [6, 6.07) is 2.03. The van der Waals surface area contributed by atoms with Crippen LogP contribution in [0.2, 0.25) is 0 Å². The van der Waals surface area contributed by atoms with Gasteiger partial charge in [0.1, 0.15) is 11.5 Å². The fourth-order valence-electron chi connectivity index (χ4n) is 1.05. The van der Waals surface area contributed by atoms with E-state index in [1.54, 1.807) is 22.6 Å². The Kier molecular flexibility index (Phi) is 5.17. The summed E-state index contributed by atoms with van der Waals surface area (Å²) in [6.45, 7) is 0. The van der Waals surface area contributed by atoms with Crippen molar-refractivity contribution in [2.75, 3.05) is 0 Å². The van der Waals surface area contributed by atoms with Crippen LogP contribution < -0.4 is 15.9 Å². The van der Waals surface area contributed by atoms with Crippen molar-refractivity contribution in [1.82, 2.24) is 5.43 Å². The van der Waals surface area contributed by atoms with Crippen molar-refractivity contribution in [2.45, 2.75) is 6.36 Å². The van der Waals surface area contributed by atoms with Crippen LogP contribution in [-0.4, -0.2) is 22.8 Å². The van der Waals surface area contributed by atoms with Gasteiger partial charge >= 0.3 is 6.36 Å². The van der Waals surface area contributed by atoms with Gasteiger partial charge in [-0.15, -0.1) is 13.2 Å². The Bertz CT molecular complexity index is 522. The maximum absolute atomic E-state index is 12.1. The van der Waals surface area contributed by atoms with Crippen molar-refractivity contribution in [3.05, 3.63) is 21.3 Å². The molecule has 0 amide bonds. The average molecular weight is 405 g/mol. The van der Waals surface area contributed by atoms with Gasteiger partial charge in [-0.3, -0.25) is 5.43 Å². The first-order valence-corrected chi connectivity index (χ1v) is 6.04. The third kappa shape index (κ3) is 5.46. The quantitative estimate of drug-likeness (QED) is 0.311. The molecular weight excluding hydrogens is 398 g/mol. The number of nitrogens with one attached hydrogen (secondary N) is 1. The predicted molar refractivity (Wildman–Crippen MR) is 75.0 cm³/mol. The summed E-state index contributed by atoms with van der Waals surface area (Å²) >= 11 is 6.14. The number of halogens is 4. The van der Waals surface area contributed by atoms with Gasteiger partial charge in [-0.25, -0.2) is 0 Å². The molecule has 19 heavy (non-hydrogen) atoms. The molecule has 0 saturated carbocycles. The van der Waals surface area contributed by atoms with Gasteiger partial charge in [-0.05, 0) is 46.9 Å². The second-order valence-electron chi connectivity index (χ2n) is 3.12.